The summed E-state index contributed by atoms with van der Waals surface area (Å²) in [5.41, 5.74) is -1.13. The number of carboxylic acids is 1. The summed E-state index contributed by atoms with van der Waals surface area (Å²) in [6, 6.07) is 5.57. The zero-order chi connectivity index (χ0) is 15.3. The molecule has 0 saturated heterocycles. The number of aliphatic carboxylic acids is 1. The first-order valence-electron chi connectivity index (χ1n) is 5.89. The molecule has 2 N–H and O–H groups in total. The van der Waals surface area contributed by atoms with Gasteiger partial charge in [-0.25, -0.2) is 4.79 Å². The van der Waals surface area contributed by atoms with E-state index in [1.54, 1.807) is 6.92 Å². The monoisotopic (exact) mass is 303 g/mol. The second kappa shape index (κ2) is 6.69. The van der Waals surface area contributed by atoms with E-state index in [2.05, 4.69) is 5.32 Å². The van der Waals surface area contributed by atoms with Crippen LogP contribution < -0.4 is 5.32 Å². The van der Waals surface area contributed by atoms with E-state index in [-0.39, 0.29) is 12.0 Å². The van der Waals surface area contributed by atoms with Crippen molar-refractivity contribution in [3.8, 4) is 0 Å². The number of benzene rings is 1. The third-order valence-electron chi connectivity index (χ3n) is 2.91. The zero-order valence-corrected chi connectivity index (χ0v) is 11.8. The lowest BCUT2D eigenvalue weighted by Crippen LogP contribution is -2.51. The summed E-state index contributed by atoms with van der Waals surface area (Å²) in [7, 11) is 0. The molecule has 0 fully saturated rings. The van der Waals surface area contributed by atoms with E-state index in [1.807, 2.05) is 0 Å². The van der Waals surface area contributed by atoms with Crippen LogP contribution in [0.1, 0.15) is 30.6 Å². The van der Waals surface area contributed by atoms with Gasteiger partial charge in [0.05, 0.1) is 0 Å². The average molecular weight is 303 g/mol. The molecule has 1 rings (SSSR count). The molecule has 1 atom stereocenters. The molecule has 7 heteroatoms. The van der Waals surface area contributed by atoms with Gasteiger partial charge >= 0.3 is 5.97 Å². The van der Waals surface area contributed by atoms with Gasteiger partial charge in [0.1, 0.15) is 5.54 Å². The molecule has 0 aromatic heterocycles. The number of rotatable bonds is 6. The highest BCUT2D eigenvalue weighted by molar-refractivity contribution is 7.99. The highest BCUT2D eigenvalue weighted by Crippen LogP contribution is 2.25. The van der Waals surface area contributed by atoms with Crippen LogP contribution in [0.3, 0.4) is 0 Å². The molecule has 0 saturated carbocycles. The van der Waals surface area contributed by atoms with Gasteiger partial charge in [0.2, 0.25) is 0 Å². The first kappa shape index (κ1) is 16.4. The molecular formula is C13H15F2NO3S. The van der Waals surface area contributed by atoms with Crippen LogP contribution in [0.5, 0.6) is 0 Å². The Kier molecular flexibility index (Phi) is 5.50. The molecule has 0 radical (unpaired) electrons. The van der Waals surface area contributed by atoms with Crippen LogP contribution in [-0.4, -0.2) is 28.3 Å². The summed E-state index contributed by atoms with van der Waals surface area (Å²) in [6.45, 7) is 3.06. The van der Waals surface area contributed by atoms with E-state index in [0.29, 0.717) is 16.7 Å². The minimum Gasteiger partial charge on any atom is -0.480 e. The van der Waals surface area contributed by atoms with Crippen LogP contribution in [0.15, 0.2) is 29.2 Å². The summed E-state index contributed by atoms with van der Waals surface area (Å²) in [6.07, 6.45) is 0.230. The maximum atomic E-state index is 12.2. The molecule has 0 bridgehead atoms. The van der Waals surface area contributed by atoms with Gasteiger partial charge in [-0.3, -0.25) is 4.79 Å². The highest BCUT2D eigenvalue weighted by Gasteiger charge is 2.32. The standard InChI is InChI=1S/C13H15F2NO3S/c1-3-13(2,11(18)19)16-10(17)8-4-6-9(7-5-8)20-12(14)15/h4-7,12H,3H2,1-2H3,(H,16,17)(H,18,19). The number of halogens is 2. The maximum absolute atomic E-state index is 12.2. The largest absolute Gasteiger partial charge is 0.480 e. The molecule has 0 spiro atoms. The Bertz CT molecular complexity index is 493. The van der Waals surface area contributed by atoms with Crippen molar-refractivity contribution in [3.63, 3.8) is 0 Å². The Labute approximate surface area is 119 Å². The number of amides is 1. The summed E-state index contributed by atoms with van der Waals surface area (Å²) >= 11 is 0.382. The van der Waals surface area contributed by atoms with Gasteiger partial charge in [0, 0.05) is 10.5 Å². The molecule has 4 nitrogen and oxygen atoms in total. The molecule has 0 aliphatic heterocycles. The number of carboxylic acid groups (broad SMARTS) is 1. The molecular weight excluding hydrogens is 288 g/mol. The number of nitrogens with one attached hydrogen (secondary N) is 1. The van der Waals surface area contributed by atoms with Crippen molar-refractivity contribution in [3.05, 3.63) is 29.8 Å². The van der Waals surface area contributed by atoms with E-state index in [4.69, 9.17) is 5.11 Å². The first-order valence-corrected chi connectivity index (χ1v) is 6.77. The van der Waals surface area contributed by atoms with Crippen LogP contribution in [0.2, 0.25) is 0 Å². The Morgan fingerprint density at radius 1 is 1.35 bits per heavy atom. The van der Waals surface area contributed by atoms with Crippen molar-refractivity contribution >= 4 is 23.6 Å². The lowest BCUT2D eigenvalue weighted by molar-refractivity contribution is -0.143. The van der Waals surface area contributed by atoms with E-state index < -0.39 is 23.2 Å². The average Bonchev–Trinajstić information content (AvgIpc) is 2.38. The molecule has 0 aliphatic carbocycles. The van der Waals surface area contributed by atoms with Gasteiger partial charge in [-0.05, 0) is 37.6 Å². The summed E-state index contributed by atoms with van der Waals surface area (Å²) in [5.74, 6) is -4.20. The third kappa shape index (κ3) is 4.19. The Hall–Kier alpha value is -1.63. The lowest BCUT2D eigenvalue weighted by Gasteiger charge is -2.24. The van der Waals surface area contributed by atoms with Gasteiger partial charge in [0.15, 0.2) is 0 Å². The van der Waals surface area contributed by atoms with Crippen LogP contribution >= 0.6 is 11.8 Å². The molecule has 0 heterocycles. The Balaban J connectivity index is 2.80. The molecule has 0 aliphatic rings. The van der Waals surface area contributed by atoms with Gasteiger partial charge in [0.25, 0.3) is 11.7 Å². The summed E-state index contributed by atoms with van der Waals surface area (Å²) in [4.78, 5) is 23.4. The number of thioether (sulfide) groups is 1. The molecule has 1 aromatic carbocycles. The SMILES string of the molecule is CCC(C)(NC(=O)c1ccc(SC(F)F)cc1)C(=O)O. The van der Waals surface area contributed by atoms with Crippen molar-refractivity contribution in [1.29, 1.82) is 0 Å². The van der Waals surface area contributed by atoms with Crippen LogP contribution in [0.25, 0.3) is 0 Å². The zero-order valence-electron chi connectivity index (χ0n) is 11.0. The van der Waals surface area contributed by atoms with Gasteiger partial charge in [-0.1, -0.05) is 18.7 Å². The first-order chi connectivity index (χ1) is 9.28. The summed E-state index contributed by atoms with van der Waals surface area (Å²) < 4.78 is 24.3. The fraction of sp³-hybridized carbons (Fsp3) is 0.385. The van der Waals surface area contributed by atoms with E-state index in [9.17, 15) is 18.4 Å². The number of carbonyl (C=O) groups is 2. The topological polar surface area (TPSA) is 66.4 Å². The van der Waals surface area contributed by atoms with Crippen molar-refractivity contribution in [2.24, 2.45) is 0 Å². The van der Waals surface area contributed by atoms with Gasteiger partial charge < -0.3 is 10.4 Å². The fourth-order valence-electron chi connectivity index (χ4n) is 1.40. The van der Waals surface area contributed by atoms with Crippen LogP contribution in [-0.2, 0) is 4.79 Å². The molecule has 110 valence electrons. The van der Waals surface area contributed by atoms with E-state index in [0.717, 1.165) is 0 Å². The van der Waals surface area contributed by atoms with Gasteiger partial charge in [-0.15, -0.1) is 0 Å². The quantitative estimate of drug-likeness (QED) is 0.793. The minimum absolute atomic E-state index is 0.226. The third-order valence-corrected chi connectivity index (χ3v) is 3.63. The predicted octanol–water partition coefficient (Wildman–Crippen LogP) is 2.98. The van der Waals surface area contributed by atoms with Crippen molar-refractivity contribution < 1.29 is 23.5 Å². The molecule has 1 aromatic rings. The number of hydrogen-bond donors (Lipinski definition) is 2. The van der Waals surface area contributed by atoms with Crippen molar-refractivity contribution in [1.82, 2.24) is 5.32 Å². The maximum Gasteiger partial charge on any atom is 0.329 e. The van der Waals surface area contributed by atoms with Crippen LogP contribution in [0.4, 0.5) is 8.78 Å². The summed E-state index contributed by atoms with van der Waals surface area (Å²) in [5, 5.41) is 11.5. The second-order valence-electron chi connectivity index (χ2n) is 4.35. The smallest absolute Gasteiger partial charge is 0.329 e. The fourth-order valence-corrected chi connectivity index (χ4v) is 1.90. The minimum atomic E-state index is -2.52. The van der Waals surface area contributed by atoms with Gasteiger partial charge in [-0.2, -0.15) is 8.78 Å². The molecule has 1 unspecified atom stereocenters. The van der Waals surface area contributed by atoms with Crippen LogP contribution in [0, 0.1) is 0 Å². The number of carbonyl (C=O) groups excluding carboxylic acids is 1. The lowest BCUT2D eigenvalue weighted by atomic mass is 9.98. The Morgan fingerprint density at radius 3 is 2.30 bits per heavy atom. The number of hydrogen-bond acceptors (Lipinski definition) is 3. The normalized spacial score (nSPS) is 13.8. The highest BCUT2D eigenvalue weighted by atomic mass is 32.2. The molecule has 1 amide bonds. The van der Waals surface area contributed by atoms with Crippen molar-refractivity contribution in [2.45, 2.75) is 36.5 Å². The Morgan fingerprint density at radius 2 is 1.90 bits per heavy atom. The van der Waals surface area contributed by atoms with E-state index in [1.165, 1.54) is 31.2 Å². The second-order valence-corrected chi connectivity index (χ2v) is 5.41. The van der Waals surface area contributed by atoms with Crippen molar-refractivity contribution in [2.75, 3.05) is 0 Å². The predicted molar refractivity (Wildman–Crippen MR) is 72.1 cm³/mol. The number of alkyl halides is 2. The van der Waals surface area contributed by atoms with E-state index >= 15 is 0 Å². The molecule has 20 heavy (non-hydrogen) atoms.